The number of hydrogen-bond acceptors (Lipinski definition) is 9. The first-order valence-electron chi connectivity index (χ1n) is 24.2. The minimum absolute atomic E-state index is 0.0389. The number of rotatable bonds is 29. The van der Waals surface area contributed by atoms with Gasteiger partial charge in [0.25, 0.3) is 0 Å². The monoisotopic (exact) mass is 942 g/mol. The number of amides is 6. The molecule has 2 atom stereocenters. The average Bonchev–Trinajstić information content (AvgIpc) is 3.34. The van der Waals surface area contributed by atoms with Gasteiger partial charge in [-0.2, -0.15) is 0 Å². The Bertz CT molecular complexity index is 2470. The Balaban J connectivity index is 1.39. The molecular formula is C54H71N9O6. The van der Waals surface area contributed by atoms with Crippen molar-refractivity contribution in [1.29, 1.82) is 0 Å². The SMILES string of the molecule is CCCCN(CC(=O)N[C@@H](CCCCN)C(N)=O)C(=O)[C@H](CCCCN)NC(=O)CN(Cc1cccc2ccccc12)C(=O)CN(Cc1ccc(C)cc1)C(=O)CNCc1cccc2ccccc12. The van der Waals surface area contributed by atoms with Crippen LogP contribution in [0, 0.1) is 6.92 Å². The fourth-order valence-electron chi connectivity index (χ4n) is 8.33. The molecule has 0 aromatic heterocycles. The number of unbranched alkanes of at least 4 members (excludes halogenated alkanes) is 3. The normalized spacial score (nSPS) is 12.0. The van der Waals surface area contributed by atoms with Gasteiger partial charge in [0.05, 0.1) is 19.6 Å². The molecular weight excluding hydrogens is 871 g/mol. The van der Waals surface area contributed by atoms with Crippen LogP contribution in [0.1, 0.15) is 80.5 Å². The van der Waals surface area contributed by atoms with Gasteiger partial charge < -0.3 is 47.9 Å². The number of nitrogens with two attached hydrogens (primary N) is 3. The zero-order valence-corrected chi connectivity index (χ0v) is 40.3. The van der Waals surface area contributed by atoms with Crippen LogP contribution in [0.2, 0.25) is 0 Å². The molecule has 69 heavy (non-hydrogen) atoms. The summed E-state index contributed by atoms with van der Waals surface area (Å²) in [6.07, 6.45) is 4.20. The maximum atomic E-state index is 14.8. The molecule has 6 amide bonds. The highest BCUT2D eigenvalue weighted by atomic mass is 16.2. The van der Waals surface area contributed by atoms with Crippen molar-refractivity contribution in [3.8, 4) is 0 Å². The lowest BCUT2D eigenvalue weighted by molar-refractivity contribution is -0.143. The maximum absolute atomic E-state index is 14.8. The first kappa shape index (κ1) is 53.3. The number of primary amides is 1. The zero-order chi connectivity index (χ0) is 49.5. The van der Waals surface area contributed by atoms with Crippen molar-refractivity contribution in [2.24, 2.45) is 17.2 Å². The van der Waals surface area contributed by atoms with Gasteiger partial charge in [-0.15, -0.1) is 0 Å². The number of fused-ring (bicyclic) bond motifs is 2. The predicted octanol–water partition coefficient (Wildman–Crippen LogP) is 4.79. The molecule has 5 aromatic rings. The van der Waals surface area contributed by atoms with E-state index >= 15 is 0 Å². The number of nitrogens with zero attached hydrogens (tertiary/aromatic N) is 3. The summed E-state index contributed by atoms with van der Waals surface area (Å²) < 4.78 is 0. The van der Waals surface area contributed by atoms with Crippen LogP contribution in [0.15, 0.2) is 109 Å². The fourth-order valence-corrected chi connectivity index (χ4v) is 8.33. The van der Waals surface area contributed by atoms with Gasteiger partial charge in [-0.05, 0) is 103 Å². The second-order valence-electron chi connectivity index (χ2n) is 17.7. The third-order valence-corrected chi connectivity index (χ3v) is 12.2. The van der Waals surface area contributed by atoms with Crippen molar-refractivity contribution >= 4 is 57.0 Å². The summed E-state index contributed by atoms with van der Waals surface area (Å²) in [5.41, 5.74) is 20.8. The number of nitrogens with one attached hydrogen (secondary N) is 3. The van der Waals surface area contributed by atoms with E-state index in [0.717, 1.165) is 50.2 Å². The Morgan fingerprint density at radius 3 is 1.71 bits per heavy atom. The number of carbonyl (C=O) groups excluding carboxylic acids is 6. The standard InChI is InChI=1S/C54H71N9O6/c1-3-4-31-61(36-49(64)59-47(53(57)68)23-9-11-29-55)54(69)48(24-10-12-30-56)60-50(65)37-63(35-44-20-14-18-42-16-6-8-22-46(42)44)52(67)38-62(34-40-27-25-39(2)26-28-40)51(66)33-58-32-43-19-13-17-41-15-5-7-21-45(41)43/h5-8,13-22,25-28,47-48,58H,3-4,9-12,23-24,29-38,55-56H2,1-2H3,(H2,57,68)(H,59,64)(H,60,65)/t47-,48-/m0/s1. The molecule has 9 N–H and O–H groups in total. The predicted molar refractivity (Wildman–Crippen MR) is 272 cm³/mol. The molecule has 0 aliphatic heterocycles. The Hall–Kier alpha value is -6.68. The Labute approximate surface area is 406 Å². The Morgan fingerprint density at radius 1 is 0.565 bits per heavy atom. The van der Waals surface area contributed by atoms with Crippen molar-refractivity contribution in [2.45, 2.75) is 96.9 Å². The van der Waals surface area contributed by atoms with Gasteiger partial charge in [-0.1, -0.05) is 128 Å². The van der Waals surface area contributed by atoms with Gasteiger partial charge in [0.1, 0.15) is 18.6 Å². The highest BCUT2D eigenvalue weighted by Gasteiger charge is 2.30. The van der Waals surface area contributed by atoms with E-state index in [0.29, 0.717) is 58.2 Å². The largest absolute Gasteiger partial charge is 0.368 e. The molecule has 15 heteroatoms. The maximum Gasteiger partial charge on any atom is 0.245 e. The van der Waals surface area contributed by atoms with E-state index in [2.05, 4.69) is 16.0 Å². The zero-order valence-electron chi connectivity index (χ0n) is 40.3. The molecule has 0 fully saturated rings. The summed E-state index contributed by atoms with van der Waals surface area (Å²) in [5, 5.41) is 12.9. The molecule has 0 heterocycles. The molecule has 0 unspecified atom stereocenters. The van der Waals surface area contributed by atoms with Crippen LogP contribution < -0.4 is 33.2 Å². The number of benzene rings is 5. The van der Waals surface area contributed by atoms with Crippen molar-refractivity contribution < 1.29 is 28.8 Å². The van der Waals surface area contributed by atoms with E-state index in [4.69, 9.17) is 17.2 Å². The molecule has 0 aliphatic rings. The summed E-state index contributed by atoms with van der Waals surface area (Å²) >= 11 is 0. The van der Waals surface area contributed by atoms with Gasteiger partial charge in [0.15, 0.2) is 0 Å². The third kappa shape index (κ3) is 16.8. The van der Waals surface area contributed by atoms with Gasteiger partial charge in [0.2, 0.25) is 35.4 Å². The molecule has 0 saturated heterocycles. The smallest absolute Gasteiger partial charge is 0.245 e. The molecule has 0 radical (unpaired) electrons. The molecule has 0 aliphatic carbocycles. The second-order valence-corrected chi connectivity index (χ2v) is 17.7. The van der Waals surface area contributed by atoms with Crippen LogP contribution in [-0.2, 0) is 48.4 Å². The van der Waals surface area contributed by atoms with Crippen LogP contribution in [-0.4, -0.2) is 108 Å². The van der Waals surface area contributed by atoms with Crippen LogP contribution >= 0.6 is 0 Å². The minimum Gasteiger partial charge on any atom is -0.368 e. The van der Waals surface area contributed by atoms with Gasteiger partial charge in [0, 0.05) is 26.2 Å². The summed E-state index contributed by atoms with van der Waals surface area (Å²) in [4.78, 5) is 87.7. The lowest BCUT2D eigenvalue weighted by Gasteiger charge is -2.30. The average molecular weight is 942 g/mol. The van der Waals surface area contributed by atoms with E-state index < -0.39 is 48.2 Å². The number of hydrogen-bond donors (Lipinski definition) is 6. The molecule has 0 spiro atoms. The topological polar surface area (TPSA) is 226 Å². The number of carbonyl (C=O) groups is 6. The van der Waals surface area contributed by atoms with Gasteiger partial charge in [-0.3, -0.25) is 28.8 Å². The third-order valence-electron chi connectivity index (χ3n) is 12.2. The first-order valence-corrected chi connectivity index (χ1v) is 24.2. The van der Waals surface area contributed by atoms with Crippen LogP contribution in [0.3, 0.4) is 0 Å². The number of aryl methyl sites for hydroxylation is 1. The summed E-state index contributed by atoms with van der Waals surface area (Å²) in [6, 6.07) is 33.5. The van der Waals surface area contributed by atoms with E-state index in [1.54, 1.807) is 0 Å². The second kappa shape index (κ2) is 28.0. The Morgan fingerprint density at radius 2 is 1.10 bits per heavy atom. The van der Waals surface area contributed by atoms with Crippen LogP contribution in [0.4, 0.5) is 0 Å². The van der Waals surface area contributed by atoms with Crippen molar-refractivity contribution in [3.05, 3.63) is 131 Å². The summed E-state index contributed by atoms with van der Waals surface area (Å²) in [7, 11) is 0. The van der Waals surface area contributed by atoms with Crippen molar-refractivity contribution in [3.63, 3.8) is 0 Å². The Kier molecular flexibility index (Phi) is 21.6. The van der Waals surface area contributed by atoms with E-state index in [-0.39, 0.29) is 51.6 Å². The molecule has 5 aromatic carbocycles. The van der Waals surface area contributed by atoms with Crippen molar-refractivity contribution in [1.82, 2.24) is 30.7 Å². The van der Waals surface area contributed by atoms with Crippen LogP contribution in [0.5, 0.6) is 0 Å². The highest BCUT2D eigenvalue weighted by Crippen LogP contribution is 2.22. The van der Waals surface area contributed by atoms with E-state index in [1.165, 1.54) is 14.7 Å². The molecule has 0 bridgehead atoms. The van der Waals surface area contributed by atoms with E-state index in [1.807, 2.05) is 123 Å². The summed E-state index contributed by atoms with van der Waals surface area (Å²) in [5.74, 6) is -3.05. The minimum atomic E-state index is -1.05. The molecule has 5 rings (SSSR count). The molecule has 0 saturated carbocycles. The molecule has 15 nitrogen and oxygen atoms in total. The summed E-state index contributed by atoms with van der Waals surface area (Å²) in [6.45, 7) is 4.47. The molecule has 368 valence electrons. The lowest BCUT2D eigenvalue weighted by atomic mass is 10.0. The van der Waals surface area contributed by atoms with Gasteiger partial charge in [-0.25, -0.2) is 0 Å². The fraction of sp³-hybridized carbons (Fsp3) is 0.407. The quantitative estimate of drug-likeness (QED) is 0.0362. The highest BCUT2D eigenvalue weighted by molar-refractivity contribution is 5.94. The van der Waals surface area contributed by atoms with Crippen molar-refractivity contribution in [2.75, 3.05) is 45.8 Å². The van der Waals surface area contributed by atoms with Gasteiger partial charge >= 0.3 is 0 Å². The first-order chi connectivity index (χ1) is 33.4. The lowest BCUT2D eigenvalue weighted by Crippen LogP contribution is -2.55. The van der Waals surface area contributed by atoms with E-state index in [9.17, 15) is 28.8 Å². The van der Waals surface area contributed by atoms with Crippen LogP contribution in [0.25, 0.3) is 21.5 Å².